The quantitative estimate of drug-likeness (QED) is 0.507. The Bertz CT molecular complexity index is 1120. The van der Waals surface area contributed by atoms with Crippen molar-refractivity contribution in [2.24, 2.45) is 0 Å². The van der Waals surface area contributed by atoms with Crippen LogP contribution in [0.3, 0.4) is 0 Å². The highest BCUT2D eigenvalue weighted by Crippen LogP contribution is 2.23. The first-order chi connectivity index (χ1) is 13.8. The molecule has 0 saturated heterocycles. The summed E-state index contributed by atoms with van der Waals surface area (Å²) in [5.41, 5.74) is 1.88. The van der Waals surface area contributed by atoms with Crippen LogP contribution in [-0.4, -0.2) is 20.4 Å². The Kier molecular flexibility index (Phi) is 5.68. The topological polar surface area (TPSA) is 116 Å². The van der Waals surface area contributed by atoms with Crippen molar-refractivity contribution in [2.45, 2.75) is 20.4 Å². The summed E-state index contributed by atoms with van der Waals surface area (Å²) in [5.74, 6) is 0.501. The van der Waals surface area contributed by atoms with Crippen molar-refractivity contribution >= 4 is 17.3 Å². The average Bonchev–Trinajstić information content (AvgIpc) is 2.68. The Morgan fingerprint density at radius 3 is 2.62 bits per heavy atom. The molecule has 2 heterocycles. The molecule has 3 rings (SSSR count). The van der Waals surface area contributed by atoms with Crippen molar-refractivity contribution in [2.75, 3.05) is 5.32 Å². The zero-order chi connectivity index (χ0) is 21.0. The van der Waals surface area contributed by atoms with Crippen molar-refractivity contribution < 1.29 is 14.5 Å². The Balaban J connectivity index is 1.64. The number of carbonyl (C=O) groups excluding carboxylic acids is 1. The van der Waals surface area contributed by atoms with E-state index >= 15 is 0 Å². The van der Waals surface area contributed by atoms with Crippen LogP contribution >= 0.6 is 0 Å². The van der Waals surface area contributed by atoms with Crippen molar-refractivity contribution in [1.29, 1.82) is 0 Å². The van der Waals surface area contributed by atoms with Crippen LogP contribution in [0.1, 0.15) is 11.1 Å². The molecule has 1 N–H and O–H groups in total. The molecule has 0 unspecified atom stereocenters. The molecule has 0 aliphatic heterocycles. The number of hydrogen-bond acceptors (Lipinski definition) is 6. The first-order valence-electron chi connectivity index (χ1n) is 8.68. The second-order valence-electron chi connectivity index (χ2n) is 6.39. The maximum absolute atomic E-state index is 12.2. The largest absolute Gasteiger partial charge is 0.439 e. The van der Waals surface area contributed by atoms with Gasteiger partial charge in [-0.1, -0.05) is 6.07 Å². The fraction of sp³-hybridized carbons (Fsp3) is 0.150. The van der Waals surface area contributed by atoms with Gasteiger partial charge in [-0.3, -0.25) is 24.3 Å². The fourth-order valence-electron chi connectivity index (χ4n) is 2.52. The number of ether oxygens (including phenoxy) is 1. The predicted octanol–water partition coefficient (Wildman–Crippen LogP) is 3.20. The van der Waals surface area contributed by atoms with E-state index in [1.807, 2.05) is 32.0 Å². The van der Waals surface area contributed by atoms with Crippen LogP contribution in [0.15, 0.2) is 59.7 Å². The summed E-state index contributed by atoms with van der Waals surface area (Å²) in [6.45, 7) is 3.64. The van der Waals surface area contributed by atoms with Gasteiger partial charge in [0.1, 0.15) is 12.3 Å². The molecule has 1 aromatic carbocycles. The number of pyridine rings is 2. The molecule has 0 saturated carbocycles. The van der Waals surface area contributed by atoms with E-state index in [9.17, 15) is 19.7 Å². The fourth-order valence-corrected chi connectivity index (χ4v) is 2.52. The number of aryl methyl sites for hydroxylation is 2. The lowest BCUT2D eigenvalue weighted by Gasteiger charge is -2.09. The second kappa shape index (κ2) is 8.34. The van der Waals surface area contributed by atoms with Crippen molar-refractivity contribution in [1.82, 2.24) is 9.55 Å². The molecule has 148 valence electrons. The molecule has 0 atom stereocenters. The Morgan fingerprint density at radius 2 is 1.97 bits per heavy atom. The average molecular weight is 394 g/mol. The summed E-state index contributed by atoms with van der Waals surface area (Å²) in [7, 11) is 0. The molecule has 2 aromatic heterocycles. The van der Waals surface area contributed by atoms with Gasteiger partial charge in [0.25, 0.3) is 11.2 Å². The first kappa shape index (κ1) is 19.7. The van der Waals surface area contributed by atoms with E-state index in [1.54, 1.807) is 12.1 Å². The summed E-state index contributed by atoms with van der Waals surface area (Å²) in [6, 6.07) is 11.1. The second-order valence-corrected chi connectivity index (χ2v) is 6.39. The number of nitro groups is 1. The van der Waals surface area contributed by atoms with Gasteiger partial charge in [-0.05, 0) is 43.2 Å². The summed E-state index contributed by atoms with van der Waals surface area (Å²) in [4.78, 5) is 38.3. The molecule has 0 spiro atoms. The Labute approximate surface area is 165 Å². The normalized spacial score (nSPS) is 10.4. The third-order valence-corrected chi connectivity index (χ3v) is 4.21. The maximum atomic E-state index is 12.2. The molecule has 9 nitrogen and oxygen atoms in total. The van der Waals surface area contributed by atoms with Crippen LogP contribution in [0, 0.1) is 24.0 Å². The number of benzene rings is 1. The molecule has 0 bridgehead atoms. The van der Waals surface area contributed by atoms with Gasteiger partial charge >= 0.3 is 0 Å². The van der Waals surface area contributed by atoms with E-state index < -0.39 is 16.4 Å². The smallest absolute Gasteiger partial charge is 0.285 e. The highest BCUT2D eigenvalue weighted by atomic mass is 16.6. The summed E-state index contributed by atoms with van der Waals surface area (Å²) in [5, 5.41) is 13.4. The van der Waals surface area contributed by atoms with Crippen molar-refractivity contribution in [3.05, 3.63) is 86.5 Å². The zero-order valence-corrected chi connectivity index (χ0v) is 15.8. The molecule has 0 fully saturated rings. The molecular weight excluding hydrogens is 376 g/mol. The Morgan fingerprint density at radius 1 is 1.17 bits per heavy atom. The molecule has 29 heavy (non-hydrogen) atoms. The van der Waals surface area contributed by atoms with Gasteiger partial charge in [-0.15, -0.1) is 0 Å². The van der Waals surface area contributed by atoms with Gasteiger partial charge in [0, 0.05) is 18.2 Å². The molecule has 3 aromatic rings. The number of aromatic nitrogens is 2. The van der Waals surface area contributed by atoms with Crippen LogP contribution in [0.4, 0.5) is 11.4 Å². The lowest BCUT2D eigenvalue weighted by Crippen LogP contribution is -2.27. The SMILES string of the molecule is Cc1ccc(Oc2ccc(NC(=O)Cn3cc([N+](=O)[O-])ccc3=O)cn2)cc1C. The number of rotatable bonds is 6. The van der Waals surface area contributed by atoms with Crippen LogP contribution in [0.2, 0.25) is 0 Å². The van der Waals surface area contributed by atoms with E-state index in [1.165, 1.54) is 6.20 Å². The van der Waals surface area contributed by atoms with Crippen LogP contribution in [-0.2, 0) is 11.3 Å². The zero-order valence-electron chi connectivity index (χ0n) is 15.8. The molecule has 0 radical (unpaired) electrons. The van der Waals surface area contributed by atoms with Gasteiger partial charge in [0.2, 0.25) is 11.8 Å². The lowest BCUT2D eigenvalue weighted by atomic mass is 10.1. The minimum absolute atomic E-state index is 0.271. The third kappa shape index (κ3) is 5.04. The van der Waals surface area contributed by atoms with Gasteiger partial charge in [-0.2, -0.15) is 0 Å². The highest BCUT2D eigenvalue weighted by Gasteiger charge is 2.11. The number of nitrogens with one attached hydrogen (secondary N) is 1. The lowest BCUT2D eigenvalue weighted by molar-refractivity contribution is -0.385. The van der Waals surface area contributed by atoms with Crippen LogP contribution < -0.4 is 15.6 Å². The minimum atomic E-state index is -0.633. The number of anilines is 1. The molecule has 1 amide bonds. The van der Waals surface area contributed by atoms with Gasteiger partial charge in [-0.25, -0.2) is 4.98 Å². The molecular formula is C20H18N4O5. The number of hydrogen-bond donors (Lipinski definition) is 1. The number of amides is 1. The van der Waals surface area contributed by atoms with Gasteiger partial charge < -0.3 is 10.1 Å². The van der Waals surface area contributed by atoms with Gasteiger partial charge in [0.05, 0.1) is 23.0 Å². The van der Waals surface area contributed by atoms with Crippen LogP contribution in [0.5, 0.6) is 11.6 Å². The standard InChI is InChI=1S/C20H18N4O5/c1-13-3-6-17(9-14(13)2)29-19-7-4-15(10-21-19)22-18(25)12-23-11-16(24(27)28)5-8-20(23)26/h3-11H,12H2,1-2H3,(H,22,25). The van der Waals surface area contributed by atoms with E-state index in [0.717, 1.165) is 34.0 Å². The third-order valence-electron chi connectivity index (χ3n) is 4.21. The van der Waals surface area contributed by atoms with Crippen molar-refractivity contribution in [3.63, 3.8) is 0 Å². The molecule has 9 heteroatoms. The van der Waals surface area contributed by atoms with Gasteiger partial charge in [0.15, 0.2) is 0 Å². The van der Waals surface area contributed by atoms with E-state index in [0.29, 0.717) is 17.3 Å². The highest BCUT2D eigenvalue weighted by molar-refractivity contribution is 5.90. The summed E-state index contributed by atoms with van der Waals surface area (Å²) in [6.07, 6.45) is 2.45. The minimum Gasteiger partial charge on any atom is -0.439 e. The maximum Gasteiger partial charge on any atom is 0.285 e. The van der Waals surface area contributed by atoms with Crippen LogP contribution in [0.25, 0.3) is 0 Å². The van der Waals surface area contributed by atoms with Crippen molar-refractivity contribution in [3.8, 4) is 11.6 Å². The summed E-state index contributed by atoms with van der Waals surface area (Å²) >= 11 is 0. The number of carbonyl (C=O) groups is 1. The first-order valence-corrected chi connectivity index (χ1v) is 8.68. The monoisotopic (exact) mass is 394 g/mol. The molecule has 0 aliphatic rings. The molecule has 0 aliphatic carbocycles. The van der Waals surface area contributed by atoms with E-state index in [4.69, 9.17) is 4.74 Å². The summed E-state index contributed by atoms with van der Waals surface area (Å²) < 4.78 is 6.66. The van der Waals surface area contributed by atoms with E-state index in [-0.39, 0.29) is 12.2 Å². The predicted molar refractivity (Wildman–Crippen MR) is 106 cm³/mol. The Hall–Kier alpha value is -4.01. The van der Waals surface area contributed by atoms with E-state index in [2.05, 4.69) is 10.3 Å². The number of nitrogens with zero attached hydrogens (tertiary/aromatic N) is 3.